The second kappa shape index (κ2) is 6.96. The fourth-order valence-corrected chi connectivity index (χ4v) is 2.70. The number of alkyl halides is 3. The van der Waals surface area contributed by atoms with Crippen molar-refractivity contribution >= 4 is 27.7 Å². The van der Waals surface area contributed by atoms with E-state index in [1.54, 1.807) is 0 Å². The van der Waals surface area contributed by atoms with E-state index >= 15 is 0 Å². The van der Waals surface area contributed by atoms with Gasteiger partial charge in [-0.25, -0.2) is 18.7 Å². The summed E-state index contributed by atoms with van der Waals surface area (Å²) in [7, 11) is 0. The monoisotopic (exact) mass is 344 g/mol. The average molecular weight is 345 g/mol. The first-order chi connectivity index (χ1) is 9.20. The molecule has 0 saturated carbocycles. The first-order valence-electron chi connectivity index (χ1n) is 5.57. The van der Waals surface area contributed by atoms with E-state index in [1.807, 2.05) is 30.3 Å². The molecule has 2 rings (SSSR count). The number of benzene rings is 1. The van der Waals surface area contributed by atoms with Crippen molar-refractivity contribution in [2.75, 3.05) is 0 Å². The predicted molar refractivity (Wildman–Crippen MR) is 75.6 cm³/mol. The highest BCUT2D eigenvalue weighted by atomic mass is 79.9. The summed E-state index contributed by atoms with van der Waals surface area (Å²) in [6, 6.07) is 9.72. The summed E-state index contributed by atoms with van der Waals surface area (Å²) in [5.74, 6) is 0.903. The minimum absolute atomic E-state index is 0.185. The zero-order valence-corrected chi connectivity index (χ0v) is 12.3. The molecule has 0 radical (unpaired) electrons. The van der Waals surface area contributed by atoms with Crippen LogP contribution in [0.15, 0.2) is 41.4 Å². The standard InChI is InChI=1S/C13H11BrF2N2S/c14-6-9-7-17-11(18-12(9)13(15)16)8-19-10-4-2-1-3-5-10/h1-5,7,13H,6,8H2. The van der Waals surface area contributed by atoms with E-state index in [-0.39, 0.29) is 5.69 Å². The van der Waals surface area contributed by atoms with E-state index in [0.717, 1.165) is 4.90 Å². The Morgan fingerprint density at radius 2 is 1.95 bits per heavy atom. The quantitative estimate of drug-likeness (QED) is 0.585. The van der Waals surface area contributed by atoms with Crippen molar-refractivity contribution in [1.29, 1.82) is 0 Å². The summed E-state index contributed by atoms with van der Waals surface area (Å²) >= 11 is 4.68. The molecule has 0 atom stereocenters. The Balaban J connectivity index is 2.11. The molecule has 0 aliphatic heterocycles. The summed E-state index contributed by atoms with van der Waals surface area (Å²) < 4.78 is 25.7. The maximum absolute atomic E-state index is 12.8. The number of aromatic nitrogens is 2. The van der Waals surface area contributed by atoms with Crippen molar-refractivity contribution in [1.82, 2.24) is 9.97 Å². The Hall–Kier alpha value is -1.01. The maximum atomic E-state index is 12.8. The van der Waals surface area contributed by atoms with Crippen LogP contribution in [0.4, 0.5) is 8.78 Å². The lowest BCUT2D eigenvalue weighted by atomic mass is 10.2. The normalized spacial score (nSPS) is 10.9. The van der Waals surface area contributed by atoms with Gasteiger partial charge in [-0.05, 0) is 12.1 Å². The first kappa shape index (κ1) is 14.4. The highest BCUT2D eigenvalue weighted by molar-refractivity contribution is 9.08. The molecule has 1 heterocycles. The average Bonchev–Trinajstić information content (AvgIpc) is 2.46. The van der Waals surface area contributed by atoms with Crippen LogP contribution in [0.2, 0.25) is 0 Å². The zero-order valence-electron chi connectivity index (χ0n) is 9.89. The summed E-state index contributed by atoms with van der Waals surface area (Å²) in [4.78, 5) is 9.12. The van der Waals surface area contributed by atoms with Gasteiger partial charge in [0, 0.05) is 22.0 Å². The van der Waals surface area contributed by atoms with Gasteiger partial charge >= 0.3 is 0 Å². The lowest BCUT2D eigenvalue weighted by molar-refractivity contribution is 0.144. The molecule has 0 fully saturated rings. The molecule has 1 aromatic heterocycles. The van der Waals surface area contributed by atoms with Gasteiger partial charge in [0.15, 0.2) is 0 Å². The Morgan fingerprint density at radius 1 is 1.21 bits per heavy atom. The number of rotatable bonds is 5. The Morgan fingerprint density at radius 3 is 2.58 bits per heavy atom. The first-order valence-corrected chi connectivity index (χ1v) is 7.68. The zero-order chi connectivity index (χ0) is 13.7. The molecule has 0 N–H and O–H groups in total. The van der Waals surface area contributed by atoms with Crippen molar-refractivity contribution in [3.8, 4) is 0 Å². The van der Waals surface area contributed by atoms with Crippen molar-refractivity contribution in [3.63, 3.8) is 0 Å². The van der Waals surface area contributed by atoms with E-state index in [2.05, 4.69) is 25.9 Å². The third kappa shape index (κ3) is 3.98. The Kier molecular flexibility index (Phi) is 5.27. The van der Waals surface area contributed by atoms with Gasteiger partial charge in [-0.3, -0.25) is 0 Å². The van der Waals surface area contributed by atoms with Crippen molar-refractivity contribution in [2.45, 2.75) is 22.4 Å². The molecule has 2 nitrogen and oxygen atoms in total. The summed E-state index contributed by atoms with van der Waals surface area (Å²) in [6.07, 6.45) is -1.11. The number of halogens is 3. The lowest BCUT2D eigenvalue weighted by Crippen LogP contribution is -2.03. The number of thioether (sulfide) groups is 1. The van der Waals surface area contributed by atoms with Crippen LogP contribution in [0.25, 0.3) is 0 Å². The molecule has 0 aliphatic rings. The summed E-state index contributed by atoms with van der Waals surface area (Å²) in [5.41, 5.74) is 0.249. The van der Waals surface area contributed by atoms with Crippen LogP contribution in [0.3, 0.4) is 0 Å². The maximum Gasteiger partial charge on any atom is 0.280 e. The van der Waals surface area contributed by atoms with Crippen LogP contribution in [-0.2, 0) is 11.1 Å². The molecule has 6 heteroatoms. The minimum Gasteiger partial charge on any atom is -0.240 e. The van der Waals surface area contributed by atoms with E-state index in [4.69, 9.17) is 0 Å². The second-order valence-corrected chi connectivity index (χ2v) is 5.34. The van der Waals surface area contributed by atoms with Gasteiger partial charge in [0.25, 0.3) is 6.43 Å². The molecule has 100 valence electrons. The molecule has 0 saturated heterocycles. The van der Waals surface area contributed by atoms with Crippen LogP contribution in [0, 0.1) is 0 Å². The van der Waals surface area contributed by atoms with Crippen molar-refractivity contribution in [3.05, 3.63) is 53.6 Å². The third-order valence-corrected chi connectivity index (χ3v) is 4.02. The molecule has 2 aromatic rings. The van der Waals surface area contributed by atoms with E-state index in [1.165, 1.54) is 18.0 Å². The lowest BCUT2D eigenvalue weighted by Gasteiger charge is -2.07. The van der Waals surface area contributed by atoms with Gasteiger partial charge in [-0.2, -0.15) is 0 Å². The number of hydrogen-bond donors (Lipinski definition) is 0. The van der Waals surface area contributed by atoms with Gasteiger partial charge in [0.2, 0.25) is 0 Å². The molecular formula is C13H11BrF2N2S. The highest BCUT2D eigenvalue weighted by Crippen LogP contribution is 2.25. The molecule has 0 unspecified atom stereocenters. The van der Waals surface area contributed by atoms with Crippen LogP contribution in [0.5, 0.6) is 0 Å². The van der Waals surface area contributed by atoms with Crippen molar-refractivity contribution in [2.24, 2.45) is 0 Å². The second-order valence-electron chi connectivity index (χ2n) is 3.73. The Labute approximate surface area is 122 Å². The third-order valence-electron chi connectivity index (χ3n) is 2.41. The molecule has 0 bridgehead atoms. The Bertz CT molecular complexity index is 537. The summed E-state index contributed by atoms with van der Waals surface area (Å²) in [5, 5.41) is 0.332. The molecule has 0 amide bonds. The number of hydrogen-bond acceptors (Lipinski definition) is 3. The predicted octanol–water partition coefficient (Wildman–Crippen LogP) is 4.60. The van der Waals surface area contributed by atoms with Gasteiger partial charge in [0.05, 0.1) is 5.75 Å². The largest absolute Gasteiger partial charge is 0.280 e. The van der Waals surface area contributed by atoms with E-state index in [0.29, 0.717) is 22.5 Å². The molecule has 1 aromatic carbocycles. The minimum atomic E-state index is -2.57. The van der Waals surface area contributed by atoms with Crippen LogP contribution < -0.4 is 0 Å². The van der Waals surface area contributed by atoms with E-state index < -0.39 is 6.43 Å². The molecule has 0 aliphatic carbocycles. The molecule has 19 heavy (non-hydrogen) atoms. The smallest absolute Gasteiger partial charge is 0.240 e. The van der Waals surface area contributed by atoms with Gasteiger partial charge < -0.3 is 0 Å². The fourth-order valence-electron chi connectivity index (χ4n) is 1.48. The SMILES string of the molecule is FC(F)c1nc(CSc2ccccc2)ncc1CBr. The van der Waals surface area contributed by atoms with Gasteiger partial charge in [-0.15, -0.1) is 11.8 Å². The highest BCUT2D eigenvalue weighted by Gasteiger charge is 2.15. The number of nitrogens with zero attached hydrogens (tertiary/aromatic N) is 2. The molecular weight excluding hydrogens is 334 g/mol. The van der Waals surface area contributed by atoms with Gasteiger partial charge in [-0.1, -0.05) is 34.1 Å². The van der Waals surface area contributed by atoms with Crippen LogP contribution in [-0.4, -0.2) is 9.97 Å². The summed E-state index contributed by atoms with van der Waals surface area (Å²) in [6.45, 7) is 0. The van der Waals surface area contributed by atoms with Crippen molar-refractivity contribution < 1.29 is 8.78 Å². The fraction of sp³-hybridized carbons (Fsp3) is 0.231. The van der Waals surface area contributed by atoms with Crippen LogP contribution in [0.1, 0.15) is 23.5 Å². The van der Waals surface area contributed by atoms with Crippen LogP contribution >= 0.6 is 27.7 Å². The topological polar surface area (TPSA) is 25.8 Å². The van der Waals surface area contributed by atoms with E-state index in [9.17, 15) is 8.78 Å². The molecule has 0 spiro atoms. The van der Waals surface area contributed by atoms with Gasteiger partial charge in [0.1, 0.15) is 11.5 Å².